The second-order valence-electron chi connectivity index (χ2n) is 4.38. The highest BCUT2D eigenvalue weighted by atomic mass is 32.2. The zero-order valence-corrected chi connectivity index (χ0v) is 11.9. The van der Waals surface area contributed by atoms with Gasteiger partial charge in [-0.3, -0.25) is 0 Å². The van der Waals surface area contributed by atoms with E-state index in [1.807, 2.05) is 20.9 Å². The number of hydrogen-bond donors (Lipinski definition) is 2. The maximum absolute atomic E-state index is 9.11. The van der Waals surface area contributed by atoms with E-state index in [9.17, 15) is 0 Å². The Morgan fingerprint density at radius 1 is 1.29 bits per heavy atom. The van der Waals surface area contributed by atoms with Gasteiger partial charge in [0.1, 0.15) is 16.7 Å². The van der Waals surface area contributed by atoms with Crippen LogP contribution in [0.2, 0.25) is 0 Å². The summed E-state index contributed by atoms with van der Waals surface area (Å²) in [5, 5.41) is 13.3. The van der Waals surface area contributed by atoms with Crippen molar-refractivity contribution in [3.63, 3.8) is 0 Å². The molecule has 0 aliphatic heterocycles. The Bertz CT molecular complexity index is 382. The van der Waals surface area contributed by atoms with E-state index in [4.69, 9.17) is 5.11 Å². The van der Waals surface area contributed by atoms with Crippen molar-refractivity contribution in [2.24, 2.45) is 0 Å². The van der Waals surface area contributed by atoms with Gasteiger partial charge in [-0.15, -0.1) is 11.8 Å². The van der Waals surface area contributed by atoms with E-state index in [2.05, 4.69) is 29.1 Å². The molecule has 0 spiro atoms. The summed E-state index contributed by atoms with van der Waals surface area (Å²) in [5.74, 6) is 2.01. The summed E-state index contributed by atoms with van der Waals surface area (Å²) < 4.78 is 0. The quantitative estimate of drug-likeness (QED) is 0.625. The molecule has 1 unspecified atom stereocenters. The van der Waals surface area contributed by atoms with Crippen molar-refractivity contribution in [2.75, 3.05) is 19.0 Å². The maximum atomic E-state index is 9.11. The second kappa shape index (κ2) is 6.21. The van der Waals surface area contributed by atoms with Crippen molar-refractivity contribution in [3.8, 4) is 0 Å². The summed E-state index contributed by atoms with van der Waals surface area (Å²) in [6.45, 7) is 8.30. The van der Waals surface area contributed by atoms with Crippen LogP contribution in [0.15, 0.2) is 5.03 Å². The number of nitrogens with zero attached hydrogens (tertiary/aromatic N) is 2. The van der Waals surface area contributed by atoms with Crippen molar-refractivity contribution >= 4 is 17.6 Å². The van der Waals surface area contributed by atoms with Crippen LogP contribution in [0, 0.1) is 6.92 Å². The van der Waals surface area contributed by atoms with Gasteiger partial charge in [0.25, 0.3) is 0 Å². The molecule has 1 aromatic heterocycles. The fourth-order valence-electron chi connectivity index (χ4n) is 1.36. The topological polar surface area (TPSA) is 58.0 Å². The molecule has 17 heavy (non-hydrogen) atoms. The van der Waals surface area contributed by atoms with Gasteiger partial charge in [0.15, 0.2) is 0 Å². The first kappa shape index (κ1) is 14.3. The molecule has 0 amide bonds. The predicted molar refractivity (Wildman–Crippen MR) is 72.8 cm³/mol. The maximum Gasteiger partial charge on any atom is 0.134 e. The monoisotopic (exact) mass is 255 g/mol. The van der Waals surface area contributed by atoms with Crippen molar-refractivity contribution < 1.29 is 5.11 Å². The largest absolute Gasteiger partial charge is 0.395 e. The lowest BCUT2D eigenvalue weighted by Gasteiger charge is -2.15. The highest BCUT2D eigenvalue weighted by Crippen LogP contribution is 2.29. The van der Waals surface area contributed by atoms with Gasteiger partial charge in [0.05, 0.1) is 6.61 Å². The molecular formula is C12H21N3OS. The van der Waals surface area contributed by atoms with Crippen LogP contribution in [0.1, 0.15) is 38.1 Å². The van der Waals surface area contributed by atoms with Crippen LogP contribution in [-0.2, 0) is 0 Å². The third kappa shape index (κ3) is 3.57. The summed E-state index contributed by atoms with van der Waals surface area (Å²) in [6, 6.07) is 0. The Balaban J connectivity index is 3.13. The lowest BCUT2D eigenvalue weighted by atomic mass is 10.2. The first-order valence-corrected chi connectivity index (χ1v) is 6.71. The molecule has 4 nitrogen and oxygen atoms in total. The molecule has 1 rings (SSSR count). The molecule has 0 bridgehead atoms. The van der Waals surface area contributed by atoms with Crippen molar-refractivity contribution in [3.05, 3.63) is 11.4 Å². The van der Waals surface area contributed by atoms with Gasteiger partial charge in [0, 0.05) is 23.8 Å². The lowest BCUT2D eigenvalue weighted by Crippen LogP contribution is -2.09. The summed E-state index contributed by atoms with van der Waals surface area (Å²) >= 11 is 1.59. The fourth-order valence-corrected chi connectivity index (χ4v) is 2.23. The number of aliphatic hydroxyl groups excluding tert-OH is 1. The summed E-state index contributed by atoms with van der Waals surface area (Å²) in [7, 11) is 1.86. The van der Waals surface area contributed by atoms with E-state index in [0.29, 0.717) is 5.92 Å². The Hall–Kier alpha value is -0.810. The Kier molecular flexibility index (Phi) is 5.21. The van der Waals surface area contributed by atoms with Gasteiger partial charge >= 0.3 is 0 Å². The van der Waals surface area contributed by atoms with Gasteiger partial charge in [-0.1, -0.05) is 20.8 Å². The lowest BCUT2D eigenvalue weighted by molar-refractivity contribution is 0.300. The van der Waals surface area contributed by atoms with Gasteiger partial charge in [-0.25, -0.2) is 9.97 Å². The van der Waals surface area contributed by atoms with E-state index >= 15 is 0 Å². The summed E-state index contributed by atoms with van der Waals surface area (Å²) in [5.41, 5.74) is 1.04. The van der Waals surface area contributed by atoms with Gasteiger partial charge in [0.2, 0.25) is 0 Å². The van der Waals surface area contributed by atoms with Gasteiger partial charge in [-0.05, 0) is 6.92 Å². The smallest absolute Gasteiger partial charge is 0.134 e. The highest BCUT2D eigenvalue weighted by molar-refractivity contribution is 7.99. The summed E-state index contributed by atoms with van der Waals surface area (Å²) in [6.07, 6.45) is 0. The van der Waals surface area contributed by atoms with Crippen LogP contribution in [-0.4, -0.2) is 34.0 Å². The second-order valence-corrected chi connectivity index (χ2v) is 5.80. The zero-order valence-electron chi connectivity index (χ0n) is 11.1. The zero-order chi connectivity index (χ0) is 13.0. The minimum atomic E-state index is 0.147. The van der Waals surface area contributed by atoms with Gasteiger partial charge < -0.3 is 10.4 Å². The minimum absolute atomic E-state index is 0.147. The van der Waals surface area contributed by atoms with E-state index in [0.717, 1.165) is 22.2 Å². The molecule has 0 aliphatic rings. The van der Waals surface area contributed by atoms with E-state index in [1.165, 1.54) is 0 Å². The average molecular weight is 255 g/mol. The van der Waals surface area contributed by atoms with Crippen LogP contribution >= 0.6 is 11.8 Å². The first-order chi connectivity index (χ1) is 7.99. The van der Waals surface area contributed by atoms with Crippen molar-refractivity contribution in [1.82, 2.24) is 9.97 Å². The number of aromatic nitrogens is 2. The predicted octanol–water partition coefficient (Wildman–Crippen LogP) is 2.42. The van der Waals surface area contributed by atoms with Crippen LogP contribution in [0.3, 0.4) is 0 Å². The molecule has 0 saturated carbocycles. The molecule has 0 radical (unpaired) electrons. The molecule has 5 heteroatoms. The minimum Gasteiger partial charge on any atom is -0.395 e. The molecule has 1 aromatic rings. The molecular weight excluding hydrogens is 234 g/mol. The van der Waals surface area contributed by atoms with Crippen LogP contribution in [0.4, 0.5) is 5.82 Å². The molecule has 0 aromatic carbocycles. The third-order valence-electron chi connectivity index (χ3n) is 2.44. The Labute approximate surface area is 107 Å². The molecule has 0 saturated heterocycles. The molecule has 96 valence electrons. The van der Waals surface area contributed by atoms with E-state index < -0.39 is 0 Å². The Morgan fingerprint density at radius 2 is 1.94 bits per heavy atom. The molecule has 0 aliphatic carbocycles. The normalized spacial score (nSPS) is 12.9. The van der Waals surface area contributed by atoms with Crippen LogP contribution in [0.25, 0.3) is 0 Å². The number of rotatable bonds is 5. The van der Waals surface area contributed by atoms with E-state index in [1.54, 1.807) is 11.8 Å². The van der Waals surface area contributed by atoms with Crippen molar-refractivity contribution in [2.45, 2.75) is 43.9 Å². The number of thioether (sulfide) groups is 1. The number of anilines is 1. The molecule has 2 N–H and O–H groups in total. The highest BCUT2D eigenvalue weighted by Gasteiger charge is 2.14. The van der Waals surface area contributed by atoms with Crippen LogP contribution < -0.4 is 5.32 Å². The number of nitrogens with one attached hydrogen (secondary N) is 1. The summed E-state index contributed by atoms with van der Waals surface area (Å²) in [4.78, 5) is 9.06. The average Bonchev–Trinajstić information content (AvgIpc) is 2.31. The first-order valence-electron chi connectivity index (χ1n) is 5.83. The third-order valence-corrected chi connectivity index (χ3v) is 3.61. The number of hydrogen-bond acceptors (Lipinski definition) is 5. The SMILES string of the molecule is CNc1nc(C(C)C)nc(SC(C)CO)c1C. The van der Waals surface area contributed by atoms with E-state index in [-0.39, 0.29) is 11.9 Å². The Morgan fingerprint density at radius 3 is 2.41 bits per heavy atom. The van der Waals surface area contributed by atoms with Crippen molar-refractivity contribution in [1.29, 1.82) is 0 Å². The molecule has 0 fully saturated rings. The molecule has 1 heterocycles. The number of aliphatic hydroxyl groups is 1. The standard InChI is InChI=1S/C12H21N3OS/c1-7(2)10-14-11(13-5)9(4)12(15-10)17-8(3)6-16/h7-8,16H,6H2,1-5H3,(H,13,14,15). The fraction of sp³-hybridized carbons (Fsp3) is 0.667. The van der Waals surface area contributed by atoms with Crippen LogP contribution in [0.5, 0.6) is 0 Å². The molecule has 1 atom stereocenters. The van der Waals surface area contributed by atoms with Gasteiger partial charge in [-0.2, -0.15) is 0 Å².